The highest BCUT2D eigenvalue weighted by molar-refractivity contribution is 6.00. The molecule has 0 saturated carbocycles. The van der Waals surface area contributed by atoms with Crippen LogP contribution in [0.2, 0.25) is 0 Å². The molecule has 1 aliphatic heterocycles. The quantitative estimate of drug-likeness (QED) is 0.771. The number of hydrogen-bond donors (Lipinski definition) is 0. The number of anilines is 1. The Morgan fingerprint density at radius 1 is 1.00 bits per heavy atom. The standard InChI is InChI=1S/C21H23NO4/c1-14(2)25-18-10-8-17(9-11-18)21(24)26-15(3)20(23)22-13-12-16-6-4-5-7-19(16)22/h4-11,14-15H,12-13H2,1-3H3. The summed E-state index contributed by atoms with van der Waals surface area (Å²) in [4.78, 5) is 26.7. The van der Waals surface area contributed by atoms with Gasteiger partial charge in [-0.3, -0.25) is 4.79 Å². The average molecular weight is 353 g/mol. The summed E-state index contributed by atoms with van der Waals surface area (Å²) in [6, 6.07) is 14.5. The number of rotatable bonds is 5. The van der Waals surface area contributed by atoms with Gasteiger partial charge in [0, 0.05) is 12.2 Å². The number of ether oxygens (including phenoxy) is 2. The monoisotopic (exact) mass is 353 g/mol. The van der Waals surface area contributed by atoms with Gasteiger partial charge in [0.25, 0.3) is 5.91 Å². The third-order valence-electron chi connectivity index (χ3n) is 4.25. The van der Waals surface area contributed by atoms with Crippen LogP contribution in [0.25, 0.3) is 0 Å². The SMILES string of the molecule is CC(C)Oc1ccc(C(=O)OC(C)C(=O)N2CCc3ccccc32)cc1. The number of fused-ring (bicyclic) bond motifs is 1. The van der Waals surface area contributed by atoms with Crippen LogP contribution in [0.4, 0.5) is 5.69 Å². The van der Waals surface area contributed by atoms with Gasteiger partial charge in [0.1, 0.15) is 5.75 Å². The summed E-state index contributed by atoms with van der Waals surface area (Å²) in [6.07, 6.45) is 0.0360. The summed E-state index contributed by atoms with van der Waals surface area (Å²) >= 11 is 0. The molecule has 26 heavy (non-hydrogen) atoms. The van der Waals surface area contributed by atoms with Gasteiger partial charge in [-0.05, 0) is 63.1 Å². The van der Waals surface area contributed by atoms with E-state index >= 15 is 0 Å². The average Bonchev–Trinajstić information content (AvgIpc) is 3.05. The molecule has 2 aromatic carbocycles. The van der Waals surface area contributed by atoms with Gasteiger partial charge in [0.2, 0.25) is 0 Å². The molecule has 0 aliphatic carbocycles. The van der Waals surface area contributed by atoms with Gasteiger partial charge in [-0.25, -0.2) is 4.79 Å². The third-order valence-corrected chi connectivity index (χ3v) is 4.25. The van der Waals surface area contributed by atoms with Gasteiger partial charge in [-0.15, -0.1) is 0 Å². The van der Waals surface area contributed by atoms with Gasteiger partial charge in [0.05, 0.1) is 11.7 Å². The molecular formula is C21H23NO4. The van der Waals surface area contributed by atoms with E-state index in [4.69, 9.17) is 9.47 Å². The summed E-state index contributed by atoms with van der Waals surface area (Å²) in [5.74, 6) is -0.0353. The van der Waals surface area contributed by atoms with E-state index in [0.717, 1.165) is 17.7 Å². The number of nitrogens with zero attached hydrogens (tertiary/aromatic N) is 1. The minimum Gasteiger partial charge on any atom is -0.491 e. The molecule has 1 amide bonds. The Balaban J connectivity index is 1.63. The lowest BCUT2D eigenvalue weighted by Crippen LogP contribution is -2.39. The first-order valence-electron chi connectivity index (χ1n) is 8.82. The van der Waals surface area contributed by atoms with Crippen molar-refractivity contribution in [1.29, 1.82) is 0 Å². The lowest BCUT2D eigenvalue weighted by Gasteiger charge is -2.21. The maximum absolute atomic E-state index is 12.7. The van der Waals surface area contributed by atoms with Crippen molar-refractivity contribution >= 4 is 17.6 Å². The topological polar surface area (TPSA) is 55.8 Å². The molecule has 5 heteroatoms. The fraction of sp³-hybridized carbons (Fsp3) is 0.333. The maximum Gasteiger partial charge on any atom is 0.338 e. The number of carbonyl (C=O) groups excluding carboxylic acids is 2. The summed E-state index contributed by atoms with van der Waals surface area (Å²) in [5.41, 5.74) is 2.43. The number of esters is 1. The van der Waals surface area contributed by atoms with E-state index in [9.17, 15) is 9.59 Å². The Kier molecular flexibility index (Phi) is 5.26. The lowest BCUT2D eigenvalue weighted by molar-refractivity contribution is -0.126. The molecule has 136 valence electrons. The first-order chi connectivity index (χ1) is 12.5. The van der Waals surface area contributed by atoms with Crippen molar-refractivity contribution in [1.82, 2.24) is 0 Å². The van der Waals surface area contributed by atoms with Crippen LogP contribution in [0.1, 0.15) is 36.7 Å². The highest BCUT2D eigenvalue weighted by Gasteiger charge is 2.29. The van der Waals surface area contributed by atoms with E-state index in [1.54, 1.807) is 36.1 Å². The third kappa shape index (κ3) is 3.87. The maximum atomic E-state index is 12.7. The molecule has 2 aromatic rings. The van der Waals surface area contributed by atoms with Gasteiger partial charge in [-0.2, -0.15) is 0 Å². The second-order valence-electron chi connectivity index (χ2n) is 6.61. The molecule has 5 nitrogen and oxygen atoms in total. The Bertz CT molecular complexity index is 798. The van der Waals surface area contributed by atoms with Crippen LogP contribution in [0, 0.1) is 0 Å². The molecule has 0 aromatic heterocycles. The van der Waals surface area contributed by atoms with E-state index in [1.807, 2.05) is 38.1 Å². The van der Waals surface area contributed by atoms with E-state index in [1.165, 1.54) is 0 Å². The first kappa shape index (κ1) is 18.0. The smallest absolute Gasteiger partial charge is 0.338 e. The molecule has 0 bridgehead atoms. The second kappa shape index (κ2) is 7.60. The highest BCUT2D eigenvalue weighted by Crippen LogP contribution is 2.28. The normalized spacial score (nSPS) is 14.1. The van der Waals surface area contributed by atoms with E-state index in [2.05, 4.69) is 0 Å². The largest absolute Gasteiger partial charge is 0.491 e. The molecule has 1 unspecified atom stereocenters. The molecular weight excluding hydrogens is 330 g/mol. The molecule has 3 rings (SSSR count). The predicted octanol–water partition coefficient (Wildman–Crippen LogP) is 3.61. The van der Waals surface area contributed by atoms with Crippen molar-refractivity contribution in [3.63, 3.8) is 0 Å². The van der Waals surface area contributed by atoms with Crippen LogP contribution in [0.5, 0.6) is 5.75 Å². The first-order valence-corrected chi connectivity index (χ1v) is 8.82. The van der Waals surface area contributed by atoms with Crippen molar-refractivity contribution in [2.24, 2.45) is 0 Å². The fourth-order valence-corrected chi connectivity index (χ4v) is 3.01. The zero-order valence-corrected chi connectivity index (χ0v) is 15.3. The fourth-order valence-electron chi connectivity index (χ4n) is 3.01. The molecule has 0 N–H and O–H groups in total. The molecule has 0 spiro atoms. The van der Waals surface area contributed by atoms with Gasteiger partial charge in [-0.1, -0.05) is 18.2 Å². The highest BCUT2D eigenvalue weighted by atomic mass is 16.5. The van der Waals surface area contributed by atoms with Crippen LogP contribution in [0.3, 0.4) is 0 Å². The molecule has 1 atom stereocenters. The summed E-state index contributed by atoms with van der Waals surface area (Å²) < 4.78 is 10.9. The number of benzene rings is 2. The Morgan fingerprint density at radius 3 is 2.38 bits per heavy atom. The molecule has 0 saturated heterocycles. The zero-order valence-electron chi connectivity index (χ0n) is 15.3. The van der Waals surface area contributed by atoms with Crippen LogP contribution in [0.15, 0.2) is 48.5 Å². The van der Waals surface area contributed by atoms with Crippen molar-refractivity contribution < 1.29 is 19.1 Å². The number of carbonyl (C=O) groups is 2. The Hall–Kier alpha value is -2.82. The zero-order chi connectivity index (χ0) is 18.7. The predicted molar refractivity (Wildman–Crippen MR) is 99.6 cm³/mol. The van der Waals surface area contributed by atoms with E-state index < -0.39 is 12.1 Å². The minimum atomic E-state index is -0.847. The summed E-state index contributed by atoms with van der Waals surface area (Å²) in [7, 11) is 0. The number of hydrogen-bond acceptors (Lipinski definition) is 4. The lowest BCUT2D eigenvalue weighted by atomic mass is 10.2. The van der Waals surface area contributed by atoms with Gasteiger partial charge >= 0.3 is 5.97 Å². The van der Waals surface area contributed by atoms with Crippen molar-refractivity contribution in [3.8, 4) is 5.75 Å². The summed E-state index contributed by atoms with van der Waals surface area (Å²) in [6.45, 7) is 6.09. The van der Waals surface area contributed by atoms with Gasteiger partial charge < -0.3 is 14.4 Å². The van der Waals surface area contributed by atoms with Crippen LogP contribution in [-0.4, -0.2) is 30.6 Å². The van der Waals surface area contributed by atoms with Gasteiger partial charge in [0.15, 0.2) is 6.10 Å². The molecule has 0 fully saturated rings. The van der Waals surface area contributed by atoms with Crippen molar-refractivity contribution in [3.05, 3.63) is 59.7 Å². The Morgan fingerprint density at radius 2 is 1.69 bits per heavy atom. The molecule has 1 heterocycles. The number of para-hydroxylation sites is 1. The molecule has 0 radical (unpaired) electrons. The van der Waals surface area contributed by atoms with Crippen LogP contribution in [-0.2, 0) is 16.0 Å². The molecule has 1 aliphatic rings. The van der Waals surface area contributed by atoms with Crippen molar-refractivity contribution in [2.75, 3.05) is 11.4 Å². The van der Waals surface area contributed by atoms with E-state index in [0.29, 0.717) is 17.9 Å². The van der Waals surface area contributed by atoms with Crippen LogP contribution >= 0.6 is 0 Å². The Labute approximate surface area is 153 Å². The van der Waals surface area contributed by atoms with Crippen molar-refractivity contribution in [2.45, 2.75) is 39.4 Å². The number of amides is 1. The van der Waals surface area contributed by atoms with E-state index in [-0.39, 0.29) is 12.0 Å². The minimum absolute atomic E-state index is 0.0637. The van der Waals surface area contributed by atoms with Crippen LogP contribution < -0.4 is 9.64 Å². The summed E-state index contributed by atoms with van der Waals surface area (Å²) in [5, 5.41) is 0. The second-order valence-corrected chi connectivity index (χ2v) is 6.61.